The van der Waals surface area contributed by atoms with Crippen LogP contribution in [0, 0.1) is 13.8 Å². The van der Waals surface area contributed by atoms with E-state index in [-0.39, 0.29) is 0 Å². The fraction of sp³-hybridized carbons (Fsp3) is 0.136. The van der Waals surface area contributed by atoms with Crippen LogP contribution in [-0.4, -0.2) is 9.55 Å². The van der Waals surface area contributed by atoms with E-state index in [0.29, 0.717) is 0 Å². The van der Waals surface area contributed by atoms with Crippen molar-refractivity contribution in [1.29, 1.82) is 0 Å². The van der Waals surface area contributed by atoms with Crippen LogP contribution in [0.15, 0.2) is 66.7 Å². The topological polar surface area (TPSA) is 17.8 Å². The summed E-state index contributed by atoms with van der Waals surface area (Å²) in [6.45, 7) is 4.28. The highest BCUT2D eigenvalue weighted by Crippen LogP contribution is 2.36. The average molecular weight is 312 g/mol. The molecule has 4 aromatic rings. The minimum atomic E-state index is 1.03. The van der Waals surface area contributed by atoms with Gasteiger partial charge in [0.25, 0.3) is 0 Å². The first-order valence-electron chi connectivity index (χ1n) is 8.24. The maximum absolute atomic E-state index is 4.87. The van der Waals surface area contributed by atoms with Crippen molar-refractivity contribution in [2.24, 2.45) is 7.05 Å². The maximum atomic E-state index is 4.87. The molecule has 2 aromatic carbocycles. The molecule has 2 heterocycles. The number of rotatable bonds is 2. The van der Waals surface area contributed by atoms with Crippen molar-refractivity contribution in [3.05, 3.63) is 78.1 Å². The van der Waals surface area contributed by atoms with E-state index in [1.165, 1.54) is 27.7 Å². The Kier molecular flexibility index (Phi) is 3.46. The molecule has 0 bridgehead atoms. The monoisotopic (exact) mass is 312 g/mol. The van der Waals surface area contributed by atoms with Gasteiger partial charge in [0.15, 0.2) is 0 Å². The van der Waals surface area contributed by atoms with Crippen LogP contribution in [0.1, 0.15) is 11.4 Å². The van der Waals surface area contributed by atoms with Crippen molar-refractivity contribution < 1.29 is 0 Å². The zero-order valence-corrected chi connectivity index (χ0v) is 14.2. The number of hydrogen-bond donors (Lipinski definition) is 0. The van der Waals surface area contributed by atoms with E-state index in [0.717, 1.165) is 17.0 Å². The van der Waals surface area contributed by atoms with E-state index in [1.807, 2.05) is 6.07 Å². The zero-order valence-electron chi connectivity index (χ0n) is 14.2. The standard InChI is InChI=1S/C22H20N2/c1-15-21-16(2)24(3)22(18-12-8-5-9-13-18)19(21)14-20(23-15)17-10-6-4-7-11-17/h4-14H,1-3H3. The molecule has 0 amide bonds. The second kappa shape index (κ2) is 5.64. The van der Waals surface area contributed by atoms with Gasteiger partial charge in [0, 0.05) is 34.8 Å². The van der Waals surface area contributed by atoms with Gasteiger partial charge in [-0.05, 0) is 25.5 Å². The fourth-order valence-electron chi connectivity index (χ4n) is 3.53. The van der Waals surface area contributed by atoms with Gasteiger partial charge in [0.05, 0.1) is 11.4 Å². The van der Waals surface area contributed by atoms with Gasteiger partial charge in [-0.25, -0.2) is 0 Å². The Balaban J connectivity index is 2.07. The minimum absolute atomic E-state index is 1.03. The first-order chi connectivity index (χ1) is 11.7. The molecule has 24 heavy (non-hydrogen) atoms. The third-order valence-corrected chi connectivity index (χ3v) is 4.77. The number of hydrogen-bond acceptors (Lipinski definition) is 1. The molecule has 0 fully saturated rings. The Morgan fingerprint density at radius 2 is 1.38 bits per heavy atom. The summed E-state index contributed by atoms with van der Waals surface area (Å²) < 4.78 is 2.28. The molecule has 0 saturated heterocycles. The molecule has 2 nitrogen and oxygen atoms in total. The first kappa shape index (κ1) is 14.7. The van der Waals surface area contributed by atoms with Crippen molar-refractivity contribution in [3.8, 4) is 22.5 Å². The molecule has 0 aliphatic heterocycles. The molecular formula is C22H20N2. The Bertz CT molecular complexity index is 1010. The predicted molar refractivity (Wildman–Crippen MR) is 101 cm³/mol. The van der Waals surface area contributed by atoms with Crippen molar-refractivity contribution in [2.75, 3.05) is 0 Å². The number of aryl methyl sites for hydroxylation is 2. The van der Waals surface area contributed by atoms with Gasteiger partial charge in [-0.1, -0.05) is 60.7 Å². The van der Waals surface area contributed by atoms with Crippen LogP contribution in [0.5, 0.6) is 0 Å². The number of benzene rings is 2. The summed E-state index contributed by atoms with van der Waals surface area (Å²) in [5.74, 6) is 0. The Morgan fingerprint density at radius 3 is 2.00 bits per heavy atom. The van der Waals surface area contributed by atoms with Crippen LogP contribution in [0.3, 0.4) is 0 Å². The van der Waals surface area contributed by atoms with Crippen LogP contribution in [-0.2, 0) is 7.05 Å². The summed E-state index contributed by atoms with van der Waals surface area (Å²) in [5, 5.41) is 2.53. The van der Waals surface area contributed by atoms with Crippen LogP contribution in [0.25, 0.3) is 33.3 Å². The highest BCUT2D eigenvalue weighted by molar-refractivity contribution is 6.01. The van der Waals surface area contributed by atoms with Crippen molar-refractivity contribution in [3.63, 3.8) is 0 Å². The SMILES string of the molecule is Cc1nc(-c2ccccc2)cc2c(-c3ccccc3)n(C)c(C)c12. The van der Waals surface area contributed by atoms with Gasteiger partial charge in [0.2, 0.25) is 0 Å². The highest BCUT2D eigenvalue weighted by Gasteiger charge is 2.17. The smallest absolute Gasteiger partial charge is 0.0712 e. The van der Waals surface area contributed by atoms with Crippen molar-refractivity contribution in [2.45, 2.75) is 13.8 Å². The molecule has 4 rings (SSSR count). The largest absolute Gasteiger partial charge is 0.347 e. The van der Waals surface area contributed by atoms with E-state index >= 15 is 0 Å². The molecule has 0 aliphatic rings. The lowest BCUT2D eigenvalue weighted by atomic mass is 10.0. The second-order valence-electron chi connectivity index (χ2n) is 6.24. The zero-order chi connectivity index (χ0) is 16.7. The lowest BCUT2D eigenvalue weighted by molar-refractivity contribution is 0.896. The number of pyridine rings is 1. The predicted octanol–water partition coefficient (Wildman–Crippen LogP) is 5.52. The van der Waals surface area contributed by atoms with Crippen LogP contribution >= 0.6 is 0 Å². The fourth-order valence-corrected chi connectivity index (χ4v) is 3.53. The van der Waals surface area contributed by atoms with E-state index in [1.54, 1.807) is 0 Å². The molecule has 0 saturated carbocycles. The lowest BCUT2D eigenvalue weighted by Gasteiger charge is -2.07. The summed E-state index contributed by atoms with van der Waals surface area (Å²) >= 11 is 0. The molecule has 2 aromatic heterocycles. The van der Waals surface area contributed by atoms with Gasteiger partial charge in [-0.3, -0.25) is 4.98 Å². The van der Waals surface area contributed by atoms with Gasteiger partial charge >= 0.3 is 0 Å². The molecule has 2 heteroatoms. The molecule has 118 valence electrons. The summed E-state index contributed by atoms with van der Waals surface area (Å²) in [4.78, 5) is 4.87. The van der Waals surface area contributed by atoms with E-state index in [2.05, 4.69) is 86.1 Å². The van der Waals surface area contributed by atoms with E-state index < -0.39 is 0 Å². The van der Waals surface area contributed by atoms with Crippen LogP contribution in [0.4, 0.5) is 0 Å². The number of aromatic nitrogens is 2. The third-order valence-electron chi connectivity index (χ3n) is 4.77. The van der Waals surface area contributed by atoms with Crippen LogP contribution < -0.4 is 0 Å². The highest BCUT2D eigenvalue weighted by atomic mass is 15.0. The molecule has 0 radical (unpaired) electrons. The minimum Gasteiger partial charge on any atom is -0.347 e. The van der Waals surface area contributed by atoms with Gasteiger partial charge in [-0.15, -0.1) is 0 Å². The normalized spacial score (nSPS) is 11.1. The Hall–Kier alpha value is -2.87. The van der Waals surface area contributed by atoms with Crippen molar-refractivity contribution in [1.82, 2.24) is 9.55 Å². The molecule has 0 N–H and O–H groups in total. The number of fused-ring (bicyclic) bond motifs is 1. The Labute approximate surface area is 142 Å². The molecule has 0 aliphatic carbocycles. The summed E-state index contributed by atoms with van der Waals surface area (Å²) in [6, 6.07) is 23.2. The third kappa shape index (κ3) is 2.23. The molecule has 0 atom stereocenters. The van der Waals surface area contributed by atoms with Crippen LogP contribution in [0.2, 0.25) is 0 Å². The van der Waals surface area contributed by atoms with Gasteiger partial charge < -0.3 is 4.57 Å². The van der Waals surface area contributed by atoms with E-state index in [9.17, 15) is 0 Å². The van der Waals surface area contributed by atoms with E-state index in [4.69, 9.17) is 4.98 Å². The van der Waals surface area contributed by atoms with Gasteiger partial charge in [-0.2, -0.15) is 0 Å². The second-order valence-corrected chi connectivity index (χ2v) is 6.24. The number of nitrogens with zero attached hydrogens (tertiary/aromatic N) is 2. The van der Waals surface area contributed by atoms with Crippen molar-refractivity contribution >= 4 is 10.8 Å². The van der Waals surface area contributed by atoms with Gasteiger partial charge in [0.1, 0.15) is 0 Å². The quantitative estimate of drug-likeness (QED) is 0.476. The summed E-state index contributed by atoms with van der Waals surface area (Å²) in [6.07, 6.45) is 0. The molecule has 0 spiro atoms. The maximum Gasteiger partial charge on any atom is 0.0712 e. The average Bonchev–Trinajstić information content (AvgIpc) is 2.88. The molecular weight excluding hydrogens is 292 g/mol. The summed E-state index contributed by atoms with van der Waals surface area (Å²) in [5.41, 5.74) is 7.02. The summed E-state index contributed by atoms with van der Waals surface area (Å²) in [7, 11) is 2.14. The Morgan fingerprint density at radius 1 is 0.792 bits per heavy atom. The first-order valence-corrected chi connectivity index (χ1v) is 8.24. The lowest BCUT2D eigenvalue weighted by Crippen LogP contribution is -1.93. The molecule has 0 unspecified atom stereocenters.